The summed E-state index contributed by atoms with van der Waals surface area (Å²) in [6, 6.07) is 5.90. The molecule has 3 aromatic rings. The molecule has 1 aliphatic carbocycles. The van der Waals surface area contributed by atoms with Gasteiger partial charge in [0, 0.05) is 30.5 Å². The summed E-state index contributed by atoms with van der Waals surface area (Å²) < 4.78 is 7.39. The minimum absolute atomic E-state index is 0.157. The van der Waals surface area contributed by atoms with Crippen LogP contribution >= 0.6 is 0 Å². The van der Waals surface area contributed by atoms with E-state index in [-0.39, 0.29) is 11.3 Å². The first-order valence-corrected chi connectivity index (χ1v) is 10.5. The van der Waals surface area contributed by atoms with E-state index in [1.165, 1.54) is 19.3 Å². The van der Waals surface area contributed by atoms with Crippen molar-refractivity contribution in [3.8, 4) is 0 Å². The van der Waals surface area contributed by atoms with Crippen LogP contribution in [0.15, 0.2) is 28.9 Å². The van der Waals surface area contributed by atoms with Crippen molar-refractivity contribution in [1.29, 1.82) is 0 Å². The molecule has 1 saturated carbocycles. The van der Waals surface area contributed by atoms with Crippen molar-refractivity contribution < 1.29 is 9.32 Å². The number of hydrogen-bond donors (Lipinski definition) is 1. The molecule has 0 saturated heterocycles. The van der Waals surface area contributed by atoms with E-state index in [4.69, 9.17) is 9.51 Å². The molecule has 7 heteroatoms. The van der Waals surface area contributed by atoms with Crippen LogP contribution in [0.5, 0.6) is 0 Å². The molecule has 0 bridgehead atoms. The van der Waals surface area contributed by atoms with Crippen LogP contribution in [0.2, 0.25) is 0 Å². The number of rotatable bonds is 5. The lowest BCUT2D eigenvalue weighted by Gasteiger charge is -2.20. The number of amides is 1. The number of fused-ring (bicyclic) bond motifs is 1. The zero-order valence-corrected chi connectivity index (χ0v) is 17.4. The number of imidazole rings is 1. The largest absolute Gasteiger partial charge is 0.350 e. The van der Waals surface area contributed by atoms with E-state index >= 15 is 0 Å². The summed E-state index contributed by atoms with van der Waals surface area (Å²) in [6.07, 6.45) is 8.57. The maximum absolute atomic E-state index is 12.9. The van der Waals surface area contributed by atoms with Crippen LogP contribution in [0, 0.1) is 0 Å². The lowest BCUT2D eigenvalue weighted by molar-refractivity contribution is 0.0951. The molecule has 0 aromatic carbocycles. The molecular weight excluding hydrogens is 366 g/mol. The van der Waals surface area contributed by atoms with Gasteiger partial charge in [-0.3, -0.25) is 4.79 Å². The first-order valence-electron chi connectivity index (χ1n) is 10.5. The summed E-state index contributed by atoms with van der Waals surface area (Å²) in [5.41, 5.74) is 1.18. The van der Waals surface area contributed by atoms with E-state index in [2.05, 4.69) is 19.9 Å². The van der Waals surface area contributed by atoms with Gasteiger partial charge in [-0.2, -0.15) is 4.98 Å². The summed E-state index contributed by atoms with van der Waals surface area (Å²) in [5, 5.41) is 6.98. The van der Waals surface area contributed by atoms with Gasteiger partial charge in [-0.15, -0.1) is 0 Å². The van der Waals surface area contributed by atoms with Crippen molar-refractivity contribution in [1.82, 2.24) is 24.8 Å². The van der Waals surface area contributed by atoms with Gasteiger partial charge in [0.1, 0.15) is 5.82 Å². The summed E-state index contributed by atoms with van der Waals surface area (Å²) >= 11 is 0. The third-order valence-electron chi connectivity index (χ3n) is 5.50. The van der Waals surface area contributed by atoms with Crippen molar-refractivity contribution in [2.75, 3.05) is 6.54 Å². The Morgan fingerprint density at radius 2 is 2.00 bits per heavy atom. The van der Waals surface area contributed by atoms with Crippen LogP contribution in [0.4, 0.5) is 0 Å². The van der Waals surface area contributed by atoms with E-state index in [1.807, 2.05) is 45.2 Å². The molecule has 1 aliphatic rings. The van der Waals surface area contributed by atoms with Crippen LogP contribution in [0.3, 0.4) is 0 Å². The van der Waals surface area contributed by atoms with E-state index in [1.54, 1.807) is 0 Å². The summed E-state index contributed by atoms with van der Waals surface area (Å²) in [6.45, 7) is 6.52. The summed E-state index contributed by atoms with van der Waals surface area (Å²) in [7, 11) is 0. The Morgan fingerprint density at radius 1 is 1.21 bits per heavy atom. The normalized spacial score (nSPS) is 15.7. The van der Waals surface area contributed by atoms with Crippen LogP contribution in [-0.4, -0.2) is 32.0 Å². The maximum atomic E-state index is 12.9. The van der Waals surface area contributed by atoms with E-state index in [0.717, 1.165) is 24.2 Å². The fourth-order valence-electron chi connectivity index (χ4n) is 3.91. The van der Waals surface area contributed by atoms with Crippen LogP contribution in [0.25, 0.3) is 5.52 Å². The molecule has 3 heterocycles. The number of nitrogens with one attached hydrogen (secondary N) is 1. The number of nitrogens with zero attached hydrogens (tertiary/aromatic N) is 4. The van der Waals surface area contributed by atoms with Gasteiger partial charge in [0.15, 0.2) is 11.5 Å². The van der Waals surface area contributed by atoms with Crippen molar-refractivity contribution in [2.24, 2.45) is 0 Å². The molecule has 29 heavy (non-hydrogen) atoms. The van der Waals surface area contributed by atoms with E-state index in [0.29, 0.717) is 36.3 Å². The van der Waals surface area contributed by atoms with Gasteiger partial charge in [-0.1, -0.05) is 51.3 Å². The van der Waals surface area contributed by atoms with Gasteiger partial charge in [0.25, 0.3) is 5.91 Å². The van der Waals surface area contributed by atoms with Crippen molar-refractivity contribution in [3.05, 3.63) is 47.6 Å². The molecule has 4 rings (SSSR count). The molecule has 1 amide bonds. The molecular formula is C22H29N5O2. The second-order valence-corrected chi connectivity index (χ2v) is 8.88. The Hall–Kier alpha value is -2.70. The minimum Gasteiger partial charge on any atom is -0.350 e. The summed E-state index contributed by atoms with van der Waals surface area (Å²) in [4.78, 5) is 22.1. The second-order valence-electron chi connectivity index (χ2n) is 8.88. The zero-order chi connectivity index (χ0) is 20.4. The highest BCUT2D eigenvalue weighted by molar-refractivity contribution is 5.99. The average Bonchev–Trinajstić information content (AvgIpc) is 3.33. The first kappa shape index (κ1) is 19.6. The highest BCUT2D eigenvalue weighted by Crippen LogP contribution is 2.33. The lowest BCUT2D eigenvalue weighted by atomic mass is 9.89. The molecule has 7 nitrogen and oxygen atoms in total. The van der Waals surface area contributed by atoms with Gasteiger partial charge in [0.05, 0.1) is 5.52 Å². The summed E-state index contributed by atoms with van der Waals surface area (Å²) in [5.74, 6) is 2.49. The Balaban J connectivity index is 1.46. The first-order chi connectivity index (χ1) is 13.9. The smallest absolute Gasteiger partial charge is 0.272 e. The number of pyridine rings is 1. The number of carbonyl (C=O) groups is 1. The second kappa shape index (κ2) is 7.97. The van der Waals surface area contributed by atoms with Gasteiger partial charge in [-0.05, 0) is 25.0 Å². The van der Waals surface area contributed by atoms with Gasteiger partial charge < -0.3 is 14.2 Å². The Bertz CT molecular complexity index is 992. The fourth-order valence-corrected chi connectivity index (χ4v) is 3.91. The molecule has 0 atom stereocenters. The maximum Gasteiger partial charge on any atom is 0.272 e. The molecule has 0 radical (unpaired) electrons. The molecule has 1 N–H and O–H groups in total. The molecule has 0 spiro atoms. The van der Waals surface area contributed by atoms with Gasteiger partial charge in [0.2, 0.25) is 5.89 Å². The van der Waals surface area contributed by atoms with Crippen molar-refractivity contribution in [3.63, 3.8) is 0 Å². The highest BCUT2D eigenvalue weighted by Gasteiger charge is 2.25. The van der Waals surface area contributed by atoms with E-state index in [9.17, 15) is 4.79 Å². The predicted octanol–water partition coefficient (Wildman–Crippen LogP) is 4.04. The van der Waals surface area contributed by atoms with Crippen LogP contribution < -0.4 is 5.32 Å². The highest BCUT2D eigenvalue weighted by atomic mass is 16.5. The molecule has 154 valence electrons. The number of aromatic nitrogens is 4. The average molecular weight is 396 g/mol. The quantitative estimate of drug-likeness (QED) is 0.705. The Labute approximate surface area is 170 Å². The van der Waals surface area contributed by atoms with Crippen LogP contribution in [-0.2, 0) is 11.8 Å². The van der Waals surface area contributed by atoms with Gasteiger partial charge >= 0.3 is 0 Å². The number of carbonyl (C=O) groups excluding carboxylic acids is 1. The number of hydrogen-bond acceptors (Lipinski definition) is 5. The fraction of sp³-hybridized carbons (Fsp3) is 0.545. The Morgan fingerprint density at radius 3 is 2.72 bits per heavy atom. The SMILES string of the molecule is CC(C)(C)c1nc(CCNC(=O)c2nc(C3CCCCC3)n3ccccc23)no1. The van der Waals surface area contributed by atoms with Crippen LogP contribution in [0.1, 0.15) is 86.8 Å². The third kappa shape index (κ3) is 4.18. The lowest BCUT2D eigenvalue weighted by Crippen LogP contribution is -2.26. The van der Waals surface area contributed by atoms with Crippen molar-refractivity contribution in [2.45, 2.75) is 70.6 Å². The molecule has 1 fully saturated rings. The predicted molar refractivity (Wildman–Crippen MR) is 110 cm³/mol. The molecule has 0 aliphatic heterocycles. The molecule has 3 aromatic heterocycles. The standard InChI is InChI=1S/C22H29N5O2/c1-22(2,3)21-24-17(26-29-21)12-13-23-20(28)18-16-11-7-8-14-27(16)19(25-18)15-9-5-4-6-10-15/h7-8,11,14-15H,4-6,9-10,12-13H2,1-3H3,(H,23,28). The monoisotopic (exact) mass is 395 g/mol. The minimum atomic E-state index is -0.181. The van der Waals surface area contributed by atoms with E-state index < -0.39 is 0 Å². The third-order valence-corrected chi connectivity index (χ3v) is 5.50. The topological polar surface area (TPSA) is 85.3 Å². The molecule has 0 unspecified atom stereocenters. The van der Waals surface area contributed by atoms with Crippen molar-refractivity contribution >= 4 is 11.4 Å². The van der Waals surface area contributed by atoms with Gasteiger partial charge in [-0.25, -0.2) is 4.98 Å². The Kier molecular flexibility index (Phi) is 5.39. The zero-order valence-electron chi connectivity index (χ0n) is 17.4.